The Labute approximate surface area is 121 Å². The maximum atomic E-state index is 12.8. The van der Waals surface area contributed by atoms with Gasteiger partial charge in [-0.2, -0.15) is 24.9 Å². The summed E-state index contributed by atoms with van der Waals surface area (Å²) in [4.78, 5) is 2.19. The first-order chi connectivity index (χ1) is 9.41. The molecule has 0 amide bonds. The molecule has 0 radical (unpaired) electrons. The van der Waals surface area contributed by atoms with Gasteiger partial charge in [0, 0.05) is 36.7 Å². The maximum Gasteiger partial charge on any atom is 0.416 e. The van der Waals surface area contributed by atoms with Crippen LogP contribution in [0.25, 0.3) is 0 Å². The lowest BCUT2D eigenvalue weighted by molar-refractivity contribution is -0.137. The van der Waals surface area contributed by atoms with Gasteiger partial charge in [-0.3, -0.25) is 4.90 Å². The molecule has 1 aromatic carbocycles. The number of hydrogen-bond donors (Lipinski definition) is 1. The predicted octanol–water partition coefficient (Wildman–Crippen LogP) is 3.14. The molecule has 1 heterocycles. The second-order valence-corrected chi connectivity index (χ2v) is 6.60. The molecule has 0 bridgehead atoms. The number of benzene rings is 1. The van der Waals surface area contributed by atoms with Gasteiger partial charge in [-0.1, -0.05) is 19.1 Å². The number of nitrogens with two attached hydrogens (primary N) is 1. The van der Waals surface area contributed by atoms with Crippen LogP contribution in [-0.4, -0.2) is 35.5 Å². The third-order valence-corrected chi connectivity index (χ3v) is 4.67. The van der Waals surface area contributed by atoms with Crippen LogP contribution in [0.4, 0.5) is 13.2 Å². The van der Waals surface area contributed by atoms with Gasteiger partial charge in [0.15, 0.2) is 0 Å². The standard InChI is InChI=1S/C14H19F3N2S/c1-10-9-19(5-6-20-10)13(8-18)11-3-2-4-12(7-11)14(15,16)17/h2-4,7,10,13H,5-6,8-9,18H2,1H3. The second kappa shape index (κ2) is 6.37. The molecule has 20 heavy (non-hydrogen) atoms. The van der Waals surface area contributed by atoms with Crippen molar-refractivity contribution < 1.29 is 13.2 Å². The zero-order chi connectivity index (χ0) is 14.8. The Kier molecular flexibility index (Phi) is 4.99. The average Bonchev–Trinajstić information content (AvgIpc) is 2.39. The normalized spacial score (nSPS) is 22.8. The van der Waals surface area contributed by atoms with Gasteiger partial charge in [-0.15, -0.1) is 0 Å². The number of rotatable bonds is 3. The molecule has 1 aliphatic heterocycles. The zero-order valence-corrected chi connectivity index (χ0v) is 12.2. The van der Waals surface area contributed by atoms with Crippen LogP contribution >= 0.6 is 11.8 Å². The van der Waals surface area contributed by atoms with E-state index >= 15 is 0 Å². The highest BCUT2D eigenvalue weighted by molar-refractivity contribution is 7.99. The van der Waals surface area contributed by atoms with Crippen molar-refractivity contribution in [1.29, 1.82) is 0 Å². The van der Waals surface area contributed by atoms with Crippen molar-refractivity contribution in [1.82, 2.24) is 4.90 Å². The minimum absolute atomic E-state index is 0.138. The SMILES string of the molecule is CC1CN(C(CN)c2cccc(C(F)(F)F)c2)CCS1. The molecule has 0 aliphatic carbocycles. The molecule has 1 aromatic rings. The summed E-state index contributed by atoms with van der Waals surface area (Å²) in [5.41, 5.74) is 5.86. The molecule has 6 heteroatoms. The Balaban J connectivity index is 2.23. The van der Waals surface area contributed by atoms with Crippen LogP contribution in [0, 0.1) is 0 Å². The highest BCUT2D eigenvalue weighted by Gasteiger charge is 2.32. The molecule has 1 fully saturated rings. The molecule has 0 aromatic heterocycles. The third kappa shape index (κ3) is 3.68. The average molecular weight is 304 g/mol. The Bertz CT molecular complexity index is 450. The van der Waals surface area contributed by atoms with Crippen LogP contribution in [0.15, 0.2) is 24.3 Å². The van der Waals surface area contributed by atoms with Gasteiger partial charge in [-0.05, 0) is 17.7 Å². The van der Waals surface area contributed by atoms with Crippen molar-refractivity contribution in [2.45, 2.75) is 24.4 Å². The second-order valence-electron chi connectivity index (χ2n) is 5.05. The fourth-order valence-corrected chi connectivity index (χ4v) is 3.59. The van der Waals surface area contributed by atoms with E-state index in [0.29, 0.717) is 17.4 Å². The number of nitrogens with zero attached hydrogens (tertiary/aromatic N) is 1. The van der Waals surface area contributed by atoms with E-state index in [1.807, 2.05) is 11.8 Å². The van der Waals surface area contributed by atoms with Crippen LogP contribution in [-0.2, 0) is 6.18 Å². The van der Waals surface area contributed by atoms with Gasteiger partial charge in [-0.25, -0.2) is 0 Å². The summed E-state index contributed by atoms with van der Waals surface area (Å²) in [6.07, 6.45) is -4.31. The highest BCUT2D eigenvalue weighted by atomic mass is 32.2. The molecule has 2 atom stereocenters. The van der Waals surface area contributed by atoms with Gasteiger partial charge >= 0.3 is 6.18 Å². The van der Waals surface area contributed by atoms with Gasteiger partial charge in [0.2, 0.25) is 0 Å². The Morgan fingerprint density at radius 3 is 2.80 bits per heavy atom. The largest absolute Gasteiger partial charge is 0.416 e. The first-order valence-corrected chi connectivity index (χ1v) is 7.69. The summed E-state index contributed by atoms with van der Waals surface area (Å²) in [7, 11) is 0. The topological polar surface area (TPSA) is 29.3 Å². The van der Waals surface area contributed by atoms with Crippen LogP contribution in [0.2, 0.25) is 0 Å². The Morgan fingerprint density at radius 2 is 2.20 bits per heavy atom. The maximum absolute atomic E-state index is 12.8. The lowest BCUT2D eigenvalue weighted by Gasteiger charge is -2.36. The van der Waals surface area contributed by atoms with Crippen molar-refractivity contribution >= 4 is 11.8 Å². The molecular weight excluding hydrogens is 285 g/mol. The van der Waals surface area contributed by atoms with Gasteiger partial charge in [0.1, 0.15) is 0 Å². The Hall–Kier alpha value is -0.720. The first-order valence-electron chi connectivity index (χ1n) is 6.64. The van der Waals surface area contributed by atoms with E-state index in [1.54, 1.807) is 6.07 Å². The molecule has 2 rings (SSSR count). The van der Waals surface area contributed by atoms with Crippen molar-refractivity contribution in [3.63, 3.8) is 0 Å². The third-order valence-electron chi connectivity index (χ3n) is 3.54. The molecule has 112 valence electrons. The quantitative estimate of drug-likeness (QED) is 0.930. The molecule has 1 aliphatic rings. The van der Waals surface area contributed by atoms with Crippen molar-refractivity contribution in [3.05, 3.63) is 35.4 Å². The van der Waals surface area contributed by atoms with Crippen molar-refractivity contribution in [3.8, 4) is 0 Å². The molecule has 2 N–H and O–H groups in total. The minimum atomic E-state index is -4.31. The van der Waals surface area contributed by atoms with Crippen molar-refractivity contribution in [2.75, 3.05) is 25.4 Å². The number of thioether (sulfide) groups is 1. The lowest BCUT2D eigenvalue weighted by atomic mass is 10.0. The smallest absolute Gasteiger partial charge is 0.329 e. The van der Waals surface area contributed by atoms with E-state index in [1.165, 1.54) is 12.1 Å². The number of hydrogen-bond acceptors (Lipinski definition) is 3. The van der Waals surface area contributed by atoms with Crippen molar-refractivity contribution in [2.24, 2.45) is 5.73 Å². The number of halogens is 3. The molecule has 0 saturated carbocycles. The van der Waals surface area contributed by atoms with Crippen LogP contribution in [0.5, 0.6) is 0 Å². The summed E-state index contributed by atoms with van der Waals surface area (Å²) in [6.45, 7) is 4.20. The van der Waals surface area contributed by atoms with Gasteiger partial charge in [0.05, 0.1) is 5.56 Å². The van der Waals surface area contributed by atoms with E-state index in [0.717, 1.165) is 24.9 Å². The number of alkyl halides is 3. The molecular formula is C14H19F3N2S. The monoisotopic (exact) mass is 304 g/mol. The lowest BCUT2D eigenvalue weighted by Crippen LogP contribution is -2.42. The van der Waals surface area contributed by atoms with Crippen LogP contribution < -0.4 is 5.73 Å². The van der Waals surface area contributed by atoms with E-state index in [2.05, 4.69) is 11.8 Å². The van der Waals surface area contributed by atoms with E-state index in [9.17, 15) is 13.2 Å². The summed E-state index contributed by atoms with van der Waals surface area (Å²) in [5.74, 6) is 0.997. The zero-order valence-electron chi connectivity index (χ0n) is 11.4. The van der Waals surface area contributed by atoms with Crippen LogP contribution in [0.3, 0.4) is 0 Å². The molecule has 1 saturated heterocycles. The summed E-state index contributed by atoms with van der Waals surface area (Å²) in [6, 6.07) is 5.39. The van der Waals surface area contributed by atoms with Crippen LogP contribution in [0.1, 0.15) is 24.1 Å². The van der Waals surface area contributed by atoms with E-state index in [-0.39, 0.29) is 6.04 Å². The van der Waals surface area contributed by atoms with Gasteiger partial charge < -0.3 is 5.73 Å². The molecule has 2 unspecified atom stereocenters. The van der Waals surface area contributed by atoms with E-state index < -0.39 is 11.7 Å². The van der Waals surface area contributed by atoms with Gasteiger partial charge in [0.25, 0.3) is 0 Å². The molecule has 2 nitrogen and oxygen atoms in total. The fraction of sp³-hybridized carbons (Fsp3) is 0.571. The molecule has 0 spiro atoms. The summed E-state index contributed by atoms with van der Waals surface area (Å²) < 4.78 is 38.4. The summed E-state index contributed by atoms with van der Waals surface area (Å²) >= 11 is 1.89. The van der Waals surface area contributed by atoms with E-state index in [4.69, 9.17) is 5.73 Å². The minimum Gasteiger partial charge on any atom is -0.329 e. The first kappa shape index (κ1) is 15.7. The predicted molar refractivity (Wildman–Crippen MR) is 76.7 cm³/mol. The summed E-state index contributed by atoms with van der Waals surface area (Å²) in [5, 5.41) is 0.489. The highest BCUT2D eigenvalue weighted by Crippen LogP contribution is 2.32. The Morgan fingerprint density at radius 1 is 1.45 bits per heavy atom. The fourth-order valence-electron chi connectivity index (χ4n) is 2.55.